The second-order valence-corrected chi connectivity index (χ2v) is 7.35. The zero-order valence-electron chi connectivity index (χ0n) is 15.0. The monoisotopic (exact) mass is 450 g/mol. The third-order valence-electron chi connectivity index (χ3n) is 3.60. The first-order valence-electron chi connectivity index (χ1n) is 8.30. The summed E-state index contributed by atoms with van der Waals surface area (Å²) >= 11 is 9.23. The number of amides is 2. The van der Waals surface area contributed by atoms with E-state index in [-0.39, 0.29) is 6.61 Å². The van der Waals surface area contributed by atoms with Crippen LogP contribution in [0.1, 0.15) is 30.9 Å². The standard InChI is InChI=1S/C20H20BrClN2O3/c1-13(2)15-6-9-18(17(21)11-15)27-12-20(26)24-23-19(25)10-5-14-3-7-16(22)8-4-14/h3-11,13H,12H2,1-2H3,(H,23,25)(H,24,26)/b10-5+. The van der Waals surface area contributed by atoms with Crippen molar-refractivity contribution in [2.24, 2.45) is 0 Å². The smallest absolute Gasteiger partial charge is 0.276 e. The second-order valence-electron chi connectivity index (χ2n) is 6.06. The molecule has 5 nitrogen and oxygen atoms in total. The van der Waals surface area contributed by atoms with Gasteiger partial charge in [-0.3, -0.25) is 20.4 Å². The molecule has 2 aromatic carbocycles. The van der Waals surface area contributed by atoms with Crippen LogP contribution in [0, 0.1) is 0 Å². The lowest BCUT2D eigenvalue weighted by Gasteiger charge is -2.11. The van der Waals surface area contributed by atoms with Crippen molar-refractivity contribution in [2.45, 2.75) is 19.8 Å². The molecule has 0 radical (unpaired) electrons. The molecule has 0 saturated heterocycles. The van der Waals surface area contributed by atoms with E-state index in [1.54, 1.807) is 36.4 Å². The van der Waals surface area contributed by atoms with Crippen molar-refractivity contribution >= 4 is 45.4 Å². The Morgan fingerprint density at radius 2 is 1.85 bits per heavy atom. The maximum absolute atomic E-state index is 11.8. The first kappa shape index (κ1) is 21.0. The number of ether oxygens (including phenoxy) is 1. The fraction of sp³-hybridized carbons (Fsp3) is 0.200. The molecule has 0 unspecified atom stereocenters. The van der Waals surface area contributed by atoms with Gasteiger partial charge in [0.2, 0.25) is 0 Å². The Morgan fingerprint density at radius 3 is 2.48 bits per heavy atom. The fourth-order valence-corrected chi connectivity index (χ4v) is 2.73. The van der Waals surface area contributed by atoms with Crippen LogP contribution in [0.2, 0.25) is 5.02 Å². The van der Waals surface area contributed by atoms with Crippen LogP contribution < -0.4 is 15.6 Å². The first-order valence-corrected chi connectivity index (χ1v) is 9.47. The molecule has 7 heteroatoms. The molecule has 0 saturated carbocycles. The largest absolute Gasteiger partial charge is 0.483 e. The van der Waals surface area contributed by atoms with Crippen molar-refractivity contribution in [2.75, 3.05) is 6.61 Å². The van der Waals surface area contributed by atoms with Gasteiger partial charge in [0.15, 0.2) is 6.61 Å². The zero-order chi connectivity index (χ0) is 19.8. The van der Waals surface area contributed by atoms with E-state index >= 15 is 0 Å². The average molecular weight is 452 g/mol. The van der Waals surface area contributed by atoms with E-state index < -0.39 is 11.8 Å². The number of rotatable bonds is 6. The number of benzene rings is 2. The van der Waals surface area contributed by atoms with Crippen LogP contribution >= 0.6 is 27.5 Å². The van der Waals surface area contributed by atoms with Gasteiger partial charge in [-0.2, -0.15) is 0 Å². The van der Waals surface area contributed by atoms with E-state index in [4.69, 9.17) is 16.3 Å². The van der Waals surface area contributed by atoms with E-state index in [9.17, 15) is 9.59 Å². The Morgan fingerprint density at radius 1 is 1.15 bits per heavy atom. The van der Waals surface area contributed by atoms with Crippen LogP contribution in [0.15, 0.2) is 53.0 Å². The lowest BCUT2D eigenvalue weighted by Crippen LogP contribution is -2.43. The molecule has 0 aliphatic heterocycles. The summed E-state index contributed by atoms with van der Waals surface area (Å²) in [4.78, 5) is 23.5. The van der Waals surface area contributed by atoms with Gasteiger partial charge < -0.3 is 4.74 Å². The fourth-order valence-electron chi connectivity index (χ4n) is 2.09. The van der Waals surface area contributed by atoms with Crippen molar-refractivity contribution in [3.8, 4) is 5.75 Å². The number of nitrogens with one attached hydrogen (secondary N) is 2. The van der Waals surface area contributed by atoms with E-state index in [1.165, 1.54) is 11.6 Å². The molecule has 0 fully saturated rings. The summed E-state index contributed by atoms with van der Waals surface area (Å²) in [5.74, 6) is 0.0298. The SMILES string of the molecule is CC(C)c1ccc(OCC(=O)NNC(=O)/C=C/c2ccc(Cl)cc2)c(Br)c1. The summed E-state index contributed by atoms with van der Waals surface area (Å²) in [7, 11) is 0. The molecule has 2 rings (SSSR count). The van der Waals surface area contributed by atoms with Gasteiger partial charge >= 0.3 is 0 Å². The highest BCUT2D eigenvalue weighted by Gasteiger charge is 2.08. The normalized spacial score (nSPS) is 10.9. The summed E-state index contributed by atoms with van der Waals surface area (Å²) in [5, 5.41) is 0.620. The molecule has 0 bridgehead atoms. The summed E-state index contributed by atoms with van der Waals surface area (Å²) in [6.45, 7) is 3.97. The van der Waals surface area contributed by atoms with Gasteiger partial charge in [-0.05, 0) is 63.3 Å². The number of hydrogen-bond acceptors (Lipinski definition) is 3. The average Bonchev–Trinajstić information content (AvgIpc) is 2.64. The first-order chi connectivity index (χ1) is 12.8. The predicted octanol–water partition coefficient (Wildman–Crippen LogP) is 4.47. The topological polar surface area (TPSA) is 67.4 Å². The number of hydrazine groups is 1. The minimum Gasteiger partial charge on any atom is -0.483 e. The molecule has 0 aromatic heterocycles. The third-order valence-corrected chi connectivity index (χ3v) is 4.48. The highest BCUT2D eigenvalue weighted by Crippen LogP contribution is 2.28. The lowest BCUT2D eigenvalue weighted by molar-refractivity contribution is -0.128. The molecule has 0 heterocycles. The van der Waals surface area contributed by atoms with Crippen LogP contribution in [-0.4, -0.2) is 18.4 Å². The van der Waals surface area contributed by atoms with Gasteiger partial charge in [0.05, 0.1) is 4.47 Å². The molecule has 0 atom stereocenters. The molecule has 2 N–H and O–H groups in total. The Balaban J connectivity index is 1.77. The van der Waals surface area contributed by atoms with E-state index in [2.05, 4.69) is 40.6 Å². The summed E-state index contributed by atoms with van der Waals surface area (Å²) in [5.41, 5.74) is 6.58. The van der Waals surface area contributed by atoms with Gasteiger partial charge in [-0.15, -0.1) is 0 Å². The van der Waals surface area contributed by atoms with Crippen molar-refractivity contribution in [3.63, 3.8) is 0 Å². The molecule has 0 aliphatic carbocycles. The molecule has 0 aliphatic rings. The maximum atomic E-state index is 11.8. The minimum absolute atomic E-state index is 0.221. The number of halogens is 2. The zero-order valence-corrected chi connectivity index (χ0v) is 17.3. The molecule has 142 valence electrons. The second kappa shape index (κ2) is 10.1. The van der Waals surface area contributed by atoms with Crippen molar-refractivity contribution < 1.29 is 14.3 Å². The number of carbonyl (C=O) groups is 2. The van der Waals surface area contributed by atoms with E-state index in [1.807, 2.05) is 12.1 Å². The Kier molecular flexibility index (Phi) is 7.88. The molecule has 2 amide bonds. The van der Waals surface area contributed by atoms with Crippen molar-refractivity contribution in [1.29, 1.82) is 0 Å². The van der Waals surface area contributed by atoms with Gasteiger partial charge in [0.1, 0.15) is 5.75 Å². The van der Waals surface area contributed by atoms with Crippen LogP contribution in [0.3, 0.4) is 0 Å². The van der Waals surface area contributed by atoms with Crippen LogP contribution in [0.4, 0.5) is 0 Å². The van der Waals surface area contributed by atoms with Crippen molar-refractivity contribution in [3.05, 3.63) is 69.2 Å². The van der Waals surface area contributed by atoms with Gasteiger partial charge in [-0.25, -0.2) is 0 Å². The van der Waals surface area contributed by atoms with Gasteiger partial charge in [0, 0.05) is 11.1 Å². The van der Waals surface area contributed by atoms with Crippen LogP contribution in [-0.2, 0) is 9.59 Å². The Hall–Kier alpha value is -2.31. The molecule has 0 spiro atoms. The number of hydrogen-bond donors (Lipinski definition) is 2. The van der Waals surface area contributed by atoms with Gasteiger partial charge in [0.25, 0.3) is 11.8 Å². The highest BCUT2D eigenvalue weighted by atomic mass is 79.9. The van der Waals surface area contributed by atoms with E-state index in [0.29, 0.717) is 16.7 Å². The summed E-state index contributed by atoms with van der Waals surface area (Å²) < 4.78 is 6.24. The van der Waals surface area contributed by atoms with E-state index in [0.717, 1.165) is 10.0 Å². The van der Waals surface area contributed by atoms with Crippen molar-refractivity contribution in [1.82, 2.24) is 10.9 Å². The summed E-state index contributed by atoms with van der Waals surface area (Å²) in [6.07, 6.45) is 2.92. The molecule has 2 aromatic rings. The number of carbonyl (C=O) groups excluding carboxylic acids is 2. The minimum atomic E-state index is -0.469. The van der Waals surface area contributed by atoms with Crippen LogP contribution in [0.5, 0.6) is 5.75 Å². The quantitative estimate of drug-likeness (QED) is 0.503. The summed E-state index contributed by atoms with van der Waals surface area (Å²) in [6, 6.07) is 12.7. The Bertz CT molecular complexity index is 836. The molecular weight excluding hydrogens is 432 g/mol. The van der Waals surface area contributed by atoms with Crippen LogP contribution in [0.25, 0.3) is 6.08 Å². The lowest BCUT2D eigenvalue weighted by atomic mass is 10.0. The Labute approximate surface area is 171 Å². The maximum Gasteiger partial charge on any atom is 0.276 e. The molecule has 27 heavy (non-hydrogen) atoms. The molecular formula is C20H20BrClN2O3. The highest BCUT2D eigenvalue weighted by molar-refractivity contribution is 9.10. The third kappa shape index (κ3) is 7.07. The predicted molar refractivity (Wildman–Crippen MR) is 110 cm³/mol. The van der Waals surface area contributed by atoms with Gasteiger partial charge in [-0.1, -0.05) is 43.6 Å².